The van der Waals surface area contributed by atoms with Crippen LogP contribution in [-0.2, 0) is 21.4 Å². The molecule has 0 bridgehead atoms. The highest BCUT2D eigenvalue weighted by molar-refractivity contribution is 7.89. The van der Waals surface area contributed by atoms with Crippen LogP contribution in [0.4, 0.5) is 0 Å². The lowest BCUT2D eigenvalue weighted by Crippen LogP contribution is -2.28. The van der Waals surface area contributed by atoms with Crippen molar-refractivity contribution in [3.8, 4) is 0 Å². The fourth-order valence-electron chi connectivity index (χ4n) is 2.70. The Hall–Kier alpha value is -2.23. The van der Waals surface area contributed by atoms with Crippen LogP contribution in [0.2, 0.25) is 0 Å². The van der Waals surface area contributed by atoms with Crippen molar-refractivity contribution < 1.29 is 22.7 Å². The number of thiophene rings is 1. The smallest absolute Gasteiger partial charge is 0.350 e. The SMILES string of the molecule is NC(=O)c1ccc(COC(=O)c2sccc2S(=O)(=O)N2CCCC2)cc1. The summed E-state index contributed by atoms with van der Waals surface area (Å²) in [5.41, 5.74) is 6.20. The molecule has 2 N–H and O–H groups in total. The zero-order valence-electron chi connectivity index (χ0n) is 13.9. The molecule has 1 aliphatic heterocycles. The Morgan fingerprint density at radius 3 is 2.38 bits per heavy atom. The number of primary amides is 1. The molecule has 7 nitrogen and oxygen atoms in total. The van der Waals surface area contributed by atoms with E-state index in [9.17, 15) is 18.0 Å². The molecule has 0 atom stereocenters. The topological polar surface area (TPSA) is 107 Å². The maximum absolute atomic E-state index is 12.7. The molecule has 9 heteroatoms. The first kappa shape index (κ1) is 18.6. The van der Waals surface area contributed by atoms with Crippen molar-refractivity contribution in [1.29, 1.82) is 0 Å². The van der Waals surface area contributed by atoms with E-state index in [1.165, 1.54) is 10.4 Å². The molecule has 138 valence electrons. The minimum atomic E-state index is -3.68. The molecular formula is C17H18N2O5S2. The molecule has 0 unspecified atom stereocenters. The predicted molar refractivity (Wildman–Crippen MR) is 96.4 cm³/mol. The highest BCUT2D eigenvalue weighted by atomic mass is 32.2. The van der Waals surface area contributed by atoms with E-state index in [2.05, 4.69) is 0 Å². The van der Waals surface area contributed by atoms with E-state index in [4.69, 9.17) is 10.5 Å². The van der Waals surface area contributed by atoms with Crippen LogP contribution in [0.1, 0.15) is 38.4 Å². The highest BCUT2D eigenvalue weighted by Crippen LogP contribution is 2.28. The third kappa shape index (κ3) is 3.79. The van der Waals surface area contributed by atoms with E-state index in [1.54, 1.807) is 29.6 Å². The molecule has 0 spiro atoms. The van der Waals surface area contributed by atoms with E-state index in [-0.39, 0.29) is 16.4 Å². The normalized spacial score (nSPS) is 15.1. The van der Waals surface area contributed by atoms with Crippen molar-refractivity contribution >= 4 is 33.2 Å². The third-order valence-electron chi connectivity index (χ3n) is 4.11. The molecule has 1 saturated heterocycles. The number of amides is 1. The Morgan fingerprint density at radius 1 is 1.12 bits per heavy atom. The van der Waals surface area contributed by atoms with Gasteiger partial charge in [0.25, 0.3) is 0 Å². The summed E-state index contributed by atoms with van der Waals surface area (Å²) in [6, 6.07) is 7.78. The van der Waals surface area contributed by atoms with Crippen LogP contribution < -0.4 is 5.73 Å². The molecule has 1 aliphatic rings. The molecule has 3 rings (SSSR count). The zero-order valence-corrected chi connectivity index (χ0v) is 15.5. The maximum atomic E-state index is 12.7. The van der Waals surface area contributed by atoms with Gasteiger partial charge < -0.3 is 10.5 Å². The Kier molecular flexibility index (Phi) is 5.40. The number of carbonyl (C=O) groups excluding carboxylic acids is 2. The van der Waals surface area contributed by atoms with Gasteiger partial charge in [0.1, 0.15) is 16.4 Å². The van der Waals surface area contributed by atoms with Crippen molar-refractivity contribution in [2.75, 3.05) is 13.1 Å². The van der Waals surface area contributed by atoms with Crippen LogP contribution in [0.25, 0.3) is 0 Å². The van der Waals surface area contributed by atoms with E-state index >= 15 is 0 Å². The number of rotatable bonds is 6. The van der Waals surface area contributed by atoms with Crippen LogP contribution in [0.5, 0.6) is 0 Å². The zero-order chi connectivity index (χ0) is 18.7. The minimum Gasteiger partial charge on any atom is -0.457 e. The van der Waals surface area contributed by atoms with Crippen LogP contribution in [0, 0.1) is 0 Å². The number of hydrogen-bond donors (Lipinski definition) is 1. The molecule has 1 fully saturated rings. The third-order valence-corrected chi connectivity index (χ3v) is 7.07. The first-order valence-electron chi connectivity index (χ1n) is 8.03. The van der Waals surface area contributed by atoms with E-state index in [1.807, 2.05) is 0 Å². The number of esters is 1. The number of nitrogens with zero attached hydrogens (tertiary/aromatic N) is 1. The first-order valence-corrected chi connectivity index (χ1v) is 10.3. The summed E-state index contributed by atoms with van der Waals surface area (Å²) in [6.07, 6.45) is 1.65. The van der Waals surface area contributed by atoms with E-state index in [0.29, 0.717) is 24.2 Å². The first-order chi connectivity index (χ1) is 12.4. The average Bonchev–Trinajstić information content (AvgIpc) is 3.31. The molecule has 0 saturated carbocycles. The molecule has 1 amide bonds. The second-order valence-electron chi connectivity index (χ2n) is 5.86. The molecule has 0 radical (unpaired) electrons. The van der Waals surface area contributed by atoms with Crippen LogP contribution in [0.3, 0.4) is 0 Å². The van der Waals surface area contributed by atoms with Crippen molar-refractivity contribution in [2.24, 2.45) is 5.73 Å². The van der Waals surface area contributed by atoms with Gasteiger partial charge in [-0.1, -0.05) is 12.1 Å². The number of nitrogens with two attached hydrogens (primary N) is 1. The molecular weight excluding hydrogens is 376 g/mol. The highest BCUT2D eigenvalue weighted by Gasteiger charge is 2.32. The molecule has 1 aromatic carbocycles. The summed E-state index contributed by atoms with van der Waals surface area (Å²) in [7, 11) is -3.68. The number of benzene rings is 1. The molecule has 2 heterocycles. The predicted octanol–water partition coefficient (Wildman–Crippen LogP) is 1.99. The van der Waals surface area contributed by atoms with Gasteiger partial charge in [-0.2, -0.15) is 4.31 Å². The lowest BCUT2D eigenvalue weighted by atomic mass is 10.1. The van der Waals surface area contributed by atoms with Gasteiger partial charge >= 0.3 is 5.97 Å². The van der Waals surface area contributed by atoms with Crippen molar-refractivity contribution in [1.82, 2.24) is 4.31 Å². The molecule has 26 heavy (non-hydrogen) atoms. The van der Waals surface area contributed by atoms with Gasteiger partial charge in [0.2, 0.25) is 15.9 Å². The van der Waals surface area contributed by atoms with Gasteiger partial charge in [-0.05, 0) is 42.0 Å². The van der Waals surface area contributed by atoms with Gasteiger partial charge in [0.15, 0.2) is 0 Å². The van der Waals surface area contributed by atoms with Crippen LogP contribution >= 0.6 is 11.3 Å². The average molecular weight is 394 g/mol. The monoisotopic (exact) mass is 394 g/mol. The quantitative estimate of drug-likeness (QED) is 0.754. The Bertz CT molecular complexity index is 913. The Labute approximate surface area is 155 Å². The second-order valence-corrected chi connectivity index (χ2v) is 8.68. The summed E-state index contributed by atoms with van der Waals surface area (Å²) in [5.74, 6) is -1.22. The Balaban J connectivity index is 1.71. The number of sulfonamides is 1. The summed E-state index contributed by atoms with van der Waals surface area (Å²) in [6.45, 7) is 0.913. The summed E-state index contributed by atoms with van der Waals surface area (Å²) in [4.78, 5) is 23.5. The van der Waals surface area contributed by atoms with Gasteiger partial charge in [0, 0.05) is 18.7 Å². The molecule has 1 aromatic heterocycles. The van der Waals surface area contributed by atoms with Gasteiger partial charge in [0.05, 0.1) is 0 Å². The van der Waals surface area contributed by atoms with Crippen molar-refractivity contribution in [3.05, 3.63) is 51.7 Å². The van der Waals surface area contributed by atoms with Gasteiger partial charge in [-0.3, -0.25) is 4.79 Å². The molecule has 0 aliphatic carbocycles. The number of ether oxygens (including phenoxy) is 1. The van der Waals surface area contributed by atoms with Crippen molar-refractivity contribution in [3.63, 3.8) is 0 Å². The lowest BCUT2D eigenvalue weighted by Gasteiger charge is -2.15. The lowest BCUT2D eigenvalue weighted by molar-refractivity contribution is 0.0474. The number of carbonyl (C=O) groups is 2. The minimum absolute atomic E-state index is 0.00141. The van der Waals surface area contributed by atoms with Gasteiger partial charge in [-0.15, -0.1) is 11.3 Å². The number of hydrogen-bond acceptors (Lipinski definition) is 6. The van der Waals surface area contributed by atoms with Crippen LogP contribution in [-0.4, -0.2) is 37.7 Å². The Morgan fingerprint density at radius 2 is 1.77 bits per heavy atom. The summed E-state index contributed by atoms with van der Waals surface area (Å²) >= 11 is 1.04. The second kappa shape index (κ2) is 7.56. The summed E-state index contributed by atoms with van der Waals surface area (Å²) in [5, 5.41) is 1.57. The molecule has 2 aromatic rings. The standard InChI is InChI=1S/C17H18N2O5S2/c18-16(20)13-5-3-12(4-6-13)11-24-17(21)15-14(7-10-25-15)26(22,23)19-8-1-2-9-19/h3-7,10H,1-2,8-9,11H2,(H2,18,20). The van der Waals surface area contributed by atoms with Gasteiger partial charge in [-0.25, -0.2) is 13.2 Å². The fraction of sp³-hybridized carbons (Fsp3) is 0.294. The maximum Gasteiger partial charge on any atom is 0.350 e. The summed E-state index contributed by atoms with van der Waals surface area (Å²) < 4.78 is 32.0. The largest absolute Gasteiger partial charge is 0.457 e. The van der Waals surface area contributed by atoms with Crippen LogP contribution in [0.15, 0.2) is 40.6 Å². The van der Waals surface area contributed by atoms with Crippen molar-refractivity contribution in [2.45, 2.75) is 24.3 Å². The fourth-order valence-corrected chi connectivity index (χ4v) is 5.50. The van der Waals surface area contributed by atoms with E-state index < -0.39 is 21.9 Å². The van der Waals surface area contributed by atoms with E-state index in [0.717, 1.165) is 24.2 Å².